The van der Waals surface area contributed by atoms with Crippen LogP contribution < -0.4 is 0 Å². The van der Waals surface area contributed by atoms with Gasteiger partial charge in [-0.3, -0.25) is 0 Å². The quantitative estimate of drug-likeness (QED) is 0.175. The molecule has 8 aromatic carbocycles. The number of hydrogen-bond acceptors (Lipinski definition) is 2. The van der Waals surface area contributed by atoms with Crippen LogP contribution in [0.15, 0.2) is 203 Å². The monoisotopic (exact) mass is 780 g/mol. The third-order valence-corrected chi connectivity index (χ3v) is 13.5. The predicted octanol–water partition coefficient (Wildman–Crippen LogP) is 15.0. The molecular weight excluding hydrogens is 741 g/mol. The lowest BCUT2D eigenvalue weighted by molar-refractivity contribution is 0.597. The van der Waals surface area contributed by atoms with E-state index in [2.05, 4.69) is 192 Å². The zero-order chi connectivity index (χ0) is 40.0. The van der Waals surface area contributed by atoms with Gasteiger partial charge in [0, 0.05) is 49.7 Å². The third-order valence-electron chi connectivity index (χ3n) is 13.5. The third kappa shape index (κ3) is 5.27. The summed E-state index contributed by atoms with van der Waals surface area (Å²) in [4.78, 5) is 5.89. The summed E-state index contributed by atoms with van der Waals surface area (Å²) in [6.45, 7) is 0. The molecule has 0 saturated heterocycles. The number of nitrogens with zero attached hydrogens (tertiary/aromatic N) is 2. The Morgan fingerprint density at radius 3 is 1.92 bits per heavy atom. The van der Waals surface area contributed by atoms with E-state index in [-0.39, 0.29) is 5.92 Å². The molecule has 0 fully saturated rings. The molecule has 4 heterocycles. The Hall–Kier alpha value is -7.49. The molecule has 1 aliphatic carbocycles. The zero-order valence-corrected chi connectivity index (χ0v) is 33.6. The second kappa shape index (κ2) is 13.5. The number of rotatable bonds is 4. The highest BCUT2D eigenvalue weighted by molar-refractivity contribution is 6.26. The first-order valence-corrected chi connectivity index (χ1v) is 21.6. The first-order chi connectivity index (χ1) is 30.3. The maximum Gasteiger partial charge on any atom is 0.157 e. The Bertz CT molecular complexity index is 3570. The second-order valence-corrected chi connectivity index (χ2v) is 16.8. The Morgan fingerprint density at radius 1 is 0.508 bits per heavy atom. The van der Waals surface area contributed by atoms with Gasteiger partial charge in [0.05, 0.1) is 16.6 Å². The highest BCUT2D eigenvalue weighted by Crippen LogP contribution is 2.52. The van der Waals surface area contributed by atoms with Gasteiger partial charge in [-0.1, -0.05) is 158 Å². The van der Waals surface area contributed by atoms with Gasteiger partial charge in [-0.2, -0.15) is 0 Å². The van der Waals surface area contributed by atoms with Gasteiger partial charge in [-0.25, -0.2) is 4.99 Å². The normalized spacial score (nSPS) is 15.3. The smallest absolute Gasteiger partial charge is 0.157 e. The molecule has 0 radical (unpaired) electrons. The summed E-state index contributed by atoms with van der Waals surface area (Å²) in [5, 5.41) is 6.41. The summed E-state index contributed by atoms with van der Waals surface area (Å²) in [7, 11) is 0. The molecule has 1 atom stereocenters. The van der Waals surface area contributed by atoms with Crippen molar-refractivity contribution in [2.45, 2.75) is 31.6 Å². The average Bonchev–Trinajstić information content (AvgIpc) is 3.93. The SMILES string of the molecule is C1=C(C2CCc3ccc(-c4ccccc4)cc3-c3cc4c5ccccc5n5c6ccccc6c(c32)c45)N=C(c2ccc(-c3ccccc3)cc2)c2oc3ccccc3c2CC1. The fourth-order valence-corrected chi connectivity index (χ4v) is 10.7. The van der Waals surface area contributed by atoms with E-state index in [1.165, 1.54) is 93.6 Å². The molecule has 1 aliphatic heterocycles. The summed E-state index contributed by atoms with van der Waals surface area (Å²) in [6.07, 6.45) is 6.09. The van der Waals surface area contributed by atoms with Crippen molar-refractivity contribution >= 4 is 54.8 Å². The van der Waals surface area contributed by atoms with Gasteiger partial charge >= 0.3 is 0 Å². The van der Waals surface area contributed by atoms with Crippen molar-refractivity contribution < 1.29 is 4.42 Å². The molecule has 61 heavy (non-hydrogen) atoms. The van der Waals surface area contributed by atoms with Crippen LogP contribution in [0.3, 0.4) is 0 Å². The number of aliphatic imine (C=N–C) groups is 1. The van der Waals surface area contributed by atoms with Crippen molar-refractivity contribution in [1.82, 2.24) is 4.40 Å². The molecular formula is C58H40N2O. The number of hydrogen-bond donors (Lipinski definition) is 0. The first kappa shape index (κ1) is 34.4. The van der Waals surface area contributed by atoms with Crippen molar-refractivity contribution in [2.24, 2.45) is 4.99 Å². The van der Waals surface area contributed by atoms with Gasteiger partial charge < -0.3 is 8.82 Å². The lowest BCUT2D eigenvalue weighted by Gasteiger charge is -2.23. The van der Waals surface area contributed by atoms with Gasteiger partial charge in [0.25, 0.3) is 0 Å². The standard InChI is InChI=1S/C58H40N2O/c1-3-14-36(15-4-1)38-26-29-40(30-27-38)56-58-44(43-19-9-12-25-53(43)61-58)21-13-22-50(59-56)45-33-32-39-28-31-41(37-16-5-2-6-17-37)34-47(39)48-35-49-42-18-7-10-23-51(42)60-52-24-11-8-20-46(52)55(54(45)48)57(49)60/h1-12,14-20,22-31,34-35,45H,13,21,32-33H2. The molecule has 3 aromatic heterocycles. The lowest BCUT2D eigenvalue weighted by Crippen LogP contribution is -2.12. The largest absolute Gasteiger partial charge is 0.454 e. The number of benzene rings is 8. The van der Waals surface area contributed by atoms with Gasteiger partial charge in [0.1, 0.15) is 11.3 Å². The zero-order valence-electron chi connectivity index (χ0n) is 33.6. The maximum absolute atomic E-state index is 6.87. The molecule has 0 saturated carbocycles. The van der Waals surface area contributed by atoms with Crippen molar-refractivity contribution in [2.75, 3.05) is 0 Å². The molecule has 288 valence electrons. The molecule has 1 unspecified atom stereocenters. The minimum atomic E-state index is 0.0316. The van der Waals surface area contributed by atoms with Crippen LogP contribution in [0.2, 0.25) is 0 Å². The summed E-state index contributed by atoms with van der Waals surface area (Å²) in [5.74, 6) is 0.915. The van der Waals surface area contributed by atoms with Crippen LogP contribution in [0, 0.1) is 0 Å². The minimum Gasteiger partial charge on any atom is -0.454 e. The first-order valence-electron chi connectivity index (χ1n) is 21.6. The van der Waals surface area contributed by atoms with Crippen LogP contribution in [-0.2, 0) is 12.8 Å². The average molecular weight is 781 g/mol. The number of aromatic nitrogens is 1. The van der Waals surface area contributed by atoms with Gasteiger partial charge in [0.15, 0.2) is 5.76 Å². The Balaban J connectivity index is 1.09. The van der Waals surface area contributed by atoms with E-state index in [1.807, 2.05) is 0 Å². The molecule has 0 N–H and O–H groups in total. The Kier molecular flexibility index (Phi) is 7.62. The van der Waals surface area contributed by atoms with E-state index in [1.54, 1.807) is 0 Å². The summed E-state index contributed by atoms with van der Waals surface area (Å²) < 4.78 is 9.40. The van der Waals surface area contributed by atoms with Gasteiger partial charge in [0.2, 0.25) is 0 Å². The van der Waals surface area contributed by atoms with E-state index in [4.69, 9.17) is 9.41 Å². The van der Waals surface area contributed by atoms with E-state index in [0.29, 0.717) is 0 Å². The van der Waals surface area contributed by atoms with E-state index in [0.717, 1.165) is 54.0 Å². The fraction of sp³-hybridized carbons (Fsp3) is 0.0862. The van der Waals surface area contributed by atoms with Crippen LogP contribution in [0.5, 0.6) is 0 Å². The number of aryl methyl sites for hydroxylation is 2. The number of fused-ring (bicyclic) bond motifs is 13. The Labute approximate surface area is 353 Å². The molecule has 0 amide bonds. The molecule has 11 aromatic rings. The van der Waals surface area contributed by atoms with E-state index < -0.39 is 0 Å². The van der Waals surface area contributed by atoms with Crippen LogP contribution in [0.4, 0.5) is 0 Å². The highest BCUT2D eigenvalue weighted by Gasteiger charge is 2.33. The minimum absolute atomic E-state index is 0.0316. The van der Waals surface area contributed by atoms with Crippen LogP contribution in [-0.4, -0.2) is 10.1 Å². The van der Waals surface area contributed by atoms with Crippen molar-refractivity contribution in [3.63, 3.8) is 0 Å². The van der Waals surface area contributed by atoms with E-state index >= 15 is 0 Å². The molecule has 0 bridgehead atoms. The molecule has 2 aliphatic rings. The molecule has 3 heteroatoms. The second-order valence-electron chi connectivity index (χ2n) is 16.8. The van der Waals surface area contributed by atoms with Crippen LogP contribution >= 0.6 is 0 Å². The lowest BCUT2D eigenvalue weighted by atomic mass is 9.83. The summed E-state index contributed by atoms with van der Waals surface area (Å²) in [5.41, 5.74) is 19.3. The number of allylic oxidation sites excluding steroid dienone is 2. The maximum atomic E-state index is 6.87. The summed E-state index contributed by atoms with van der Waals surface area (Å²) in [6, 6.07) is 66.5. The van der Waals surface area contributed by atoms with Crippen molar-refractivity contribution in [1.29, 1.82) is 0 Å². The van der Waals surface area contributed by atoms with E-state index in [9.17, 15) is 0 Å². The fourth-order valence-electron chi connectivity index (χ4n) is 10.7. The molecule has 3 nitrogen and oxygen atoms in total. The van der Waals surface area contributed by atoms with Crippen molar-refractivity contribution in [3.05, 3.63) is 222 Å². The number of para-hydroxylation sites is 3. The summed E-state index contributed by atoms with van der Waals surface area (Å²) >= 11 is 0. The van der Waals surface area contributed by atoms with Gasteiger partial charge in [-0.15, -0.1) is 0 Å². The predicted molar refractivity (Wildman–Crippen MR) is 253 cm³/mol. The van der Waals surface area contributed by atoms with Crippen LogP contribution in [0.25, 0.3) is 82.4 Å². The van der Waals surface area contributed by atoms with Crippen molar-refractivity contribution in [3.8, 4) is 33.4 Å². The van der Waals surface area contributed by atoms with Crippen LogP contribution in [0.1, 0.15) is 46.8 Å². The Morgan fingerprint density at radius 2 is 1.13 bits per heavy atom. The highest BCUT2D eigenvalue weighted by atomic mass is 16.3. The molecule has 0 spiro atoms. The topological polar surface area (TPSA) is 29.9 Å². The van der Waals surface area contributed by atoms with Gasteiger partial charge in [-0.05, 0) is 101 Å². The molecule has 13 rings (SSSR count). The number of furan rings is 1.